The van der Waals surface area contributed by atoms with Gasteiger partial charge in [-0.15, -0.1) is 0 Å². The van der Waals surface area contributed by atoms with Gasteiger partial charge in [0, 0.05) is 38.6 Å². The van der Waals surface area contributed by atoms with Crippen LogP contribution in [0.4, 0.5) is 0 Å². The molecule has 1 aliphatic rings. The molecule has 0 aromatic carbocycles. The lowest BCUT2D eigenvalue weighted by Gasteiger charge is -2.06. The van der Waals surface area contributed by atoms with Crippen molar-refractivity contribution in [1.29, 1.82) is 0 Å². The number of hydrogen-bond acceptors (Lipinski definition) is 4. The highest BCUT2D eigenvalue weighted by Gasteiger charge is 2.20. The summed E-state index contributed by atoms with van der Waals surface area (Å²) in [6, 6.07) is 9.54. The van der Waals surface area contributed by atoms with Crippen LogP contribution < -0.4 is 0 Å². The van der Waals surface area contributed by atoms with Gasteiger partial charge in [-0.25, -0.2) is 0 Å². The summed E-state index contributed by atoms with van der Waals surface area (Å²) in [4.78, 5) is 33.2. The average Bonchev–Trinajstić information content (AvgIpc) is 2.85. The first-order valence-corrected chi connectivity index (χ1v) is 8.52. The number of carbonyl (C=O) groups is 2. The zero-order chi connectivity index (χ0) is 17.5. The number of nitrogens with zero attached hydrogens (tertiary/aromatic N) is 2. The van der Waals surface area contributed by atoms with E-state index in [1.807, 2.05) is 36.4 Å². The summed E-state index contributed by atoms with van der Waals surface area (Å²) in [5.41, 5.74) is 3.18. The van der Waals surface area contributed by atoms with Gasteiger partial charge in [-0.2, -0.15) is 0 Å². The van der Waals surface area contributed by atoms with E-state index in [0.717, 1.165) is 23.3 Å². The van der Waals surface area contributed by atoms with Crippen molar-refractivity contribution >= 4 is 17.1 Å². The molecule has 4 heteroatoms. The maximum atomic E-state index is 12.6. The maximum Gasteiger partial charge on any atom is 0.166 e. The Kier molecular flexibility index (Phi) is 5.62. The molecule has 0 N–H and O–H groups in total. The highest BCUT2D eigenvalue weighted by molar-refractivity contribution is 6.21. The lowest BCUT2D eigenvalue weighted by atomic mass is 9.97. The summed E-state index contributed by atoms with van der Waals surface area (Å²) in [7, 11) is 0. The molecule has 0 bridgehead atoms. The summed E-state index contributed by atoms with van der Waals surface area (Å²) >= 11 is 0. The van der Waals surface area contributed by atoms with E-state index >= 15 is 0 Å². The largest absolute Gasteiger partial charge is 0.294 e. The molecule has 4 nitrogen and oxygen atoms in total. The number of ketones is 2. The summed E-state index contributed by atoms with van der Waals surface area (Å²) in [6.45, 7) is 0. The van der Waals surface area contributed by atoms with Crippen LogP contribution in [-0.2, 0) is 16.0 Å². The Morgan fingerprint density at radius 1 is 1.12 bits per heavy atom. The van der Waals surface area contributed by atoms with Gasteiger partial charge in [-0.3, -0.25) is 19.6 Å². The zero-order valence-corrected chi connectivity index (χ0v) is 14.0. The minimum Gasteiger partial charge on any atom is -0.294 e. The number of Topliss-reactive ketones (excluding diaryl/α,β-unsaturated/α-hetero) is 2. The quantitative estimate of drug-likeness (QED) is 0.750. The molecule has 0 aliphatic heterocycles. The molecule has 25 heavy (non-hydrogen) atoms. The Labute approximate surface area is 148 Å². The monoisotopic (exact) mass is 334 g/mol. The van der Waals surface area contributed by atoms with Gasteiger partial charge in [0.1, 0.15) is 0 Å². The first-order chi connectivity index (χ1) is 12.2. The summed E-state index contributed by atoms with van der Waals surface area (Å²) in [5.74, 6) is -0.147. The fourth-order valence-electron chi connectivity index (χ4n) is 2.88. The van der Waals surface area contributed by atoms with Crippen molar-refractivity contribution in [2.75, 3.05) is 0 Å². The minimum absolute atomic E-state index is 0. The van der Waals surface area contributed by atoms with Crippen LogP contribution in [0, 0.1) is 0 Å². The number of hydrogen-bond donors (Lipinski definition) is 0. The van der Waals surface area contributed by atoms with Crippen molar-refractivity contribution in [3.8, 4) is 0 Å². The Balaban J connectivity index is 0.00000243. The van der Waals surface area contributed by atoms with E-state index in [-0.39, 0.29) is 13.0 Å². The predicted octanol–water partition coefficient (Wildman–Crippen LogP) is 3.99. The Bertz CT molecular complexity index is 814. The Hall–Kier alpha value is -2.88. The van der Waals surface area contributed by atoms with Gasteiger partial charge in [0.2, 0.25) is 0 Å². The smallest absolute Gasteiger partial charge is 0.166 e. The SMILES string of the molecule is O=C1CCC=C(c2ccncc2)C=C1C(=O)CCCc1ccccn1.[HH]. The zero-order valence-electron chi connectivity index (χ0n) is 14.0. The van der Waals surface area contributed by atoms with E-state index in [0.29, 0.717) is 31.3 Å². The van der Waals surface area contributed by atoms with Crippen LogP contribution >= 0.6 is 0 Å². The third kappa shape index (κ3) is 4.57. The third-order valence-corrected chi connectivity index (χ3v) is 4.21. The molecule has 2 heterocycles. The Morgan fingerprint density at radius 2 is 1.96 bits per heavy atom. The van der Waals surface area contributed by atoms with Crippen LogP contribution in [0.1, 0.15) is 38.4 Å². The van der Waals surface area contributed by atoms with Crippen molar-refractivity contribution in [3.63, 3.8) is 0 Å². The second-order valence-corrected chi connectivity index (χ2v) is 6.01. The van der Waals surface area contributed by atoms with Gasteiger partial charge in [-0.05, 0) is 60.7 Å². The van der Waals surface area contributed by atoms with Crippen LogP contribution in [0.3, 0.4) is 0 Å². The molecule has 1 aliphatic carbocycles. The van der Waals surface area contributed by atoms with Gasteiger partial charge >= 0.3 is 0 Å². The maximum absolute atomic E-state index is 12.6. The summed E-state index contributed by atoms with van der Waals surface area (Å²) in [5, 5.41) is 0. The molecule has 0 saturated heterocycles. The first-order valence-electron chi connectivity index (χ1n) is 8.52. The van der Waals surface area contributed by atoms with Gasteiger partial charge in [0.05, 0.1) is 5.57 Å². The number of aromatic nitrogens is 2. The van der Waals surface area contributed by atoms with E-state index in [4.69, 9.17) is 0 Å². The molecule has 0 spiro atoms. The van der Waals surface area contributed by atoms with Crippen LogP contribution in [0.2, 0.25) is 0 Å². The summed E-state index contributed by atoms with van der Waals surface area (Å²) < 4.78 is 0. The third-order valence-electron chi connectivity index (χ3n) is 4.21. The summed E-state index contributed by atoms with van der Waals surface area (Å²) in [6.07, 6.45) is 11.8. The van der Waals surface area contributed by atoms with Crippen molar-refractivity contribution in [3.05, 3.63) is 77.9 Å². The molecular formula is C21H22N2O2. The van der Waals surface area contributed by atoms with Crippen molar-refractivity contribution in [2.24, 2.45) is 0 Å². The van der Waals surface area contributed by atoms with E-state index < -0.39 is 0 Å². The Morgan fingerprint density at radius 3 is 2.72 bits per heavy atom. The molecule has 0 fully saturated rings. The fraction of sp³-hybridized carbons (Fsp3) is 0.238. The molecule has 0 unspecified atom stereocenters. The average molecular weight is 334 g/mol. The lowest BCUT2D eigenvalue weighted by molar-refractivity contribution is -0.121. The van der Waals surface area contributed by atoms with E-state index in [2.05, 4.69) is 9.97 Å². The van der Waals surface area contributed by atoms with Crippen LogP contribution in [0.15, 0.2) is 66.6 Å². The second-order valence-electron chi connectivity index (χ2n) is 6.01. The van der Waals surface area contributed by atoms with E-state index in [1.54, 1.807) is 24.7 Å². The minimum atomic E-state index is -0.0808. The molecule has 128 valence electrons. The number of carbonyl (C=O) groups excluding carboxylic acids is 2. The molecule has 0 amide bonds. The predicted molar refractivity (Wildman–Crippen MR) is 98.8 cm³/mol. The molecule has 2 aromatic heterocycles. The van der Waals surface area contributed by atoms with Gasteiger partial charge in [-0.1, -0.05) is 12.1 Å². The number of rotatable bonds is 6. The molecule has 0 atom stereocenters. The standard InChI is InChI=1S/C21H20N2O2.H2/c24-20-8-3-5-17(16-10-13-22-14-11-16)15-19(20)21(25)9-4-7-18-6-1-2-12-23-18;/h1-2,5-6,10-15H,3-4,7-9H2;1H. The highest BCUT2D eigenvalue weighted by atomic mass is 16.1. The first kappa shape index (κ1) is 17.0. The van der Waals surface area contributed by atoms with Crippen LogP contribution in [0.5, 0.6) is 0 Å². The van der Waals surface area contributed by atoms with Crippen molar-refractivity contribution < 1.29 is 11.0 Å². The molecule has 2 aromatic rings. The lowest BCUT2D eigenvalue weighted by Crippen LogP contribution is -2.12. The number of aryl methyl sites for hydroxylation is 1. The van der Waals surface area contributed by atoms with Crippen LogP contribution in [-0.4, -0.2) is 21.5 Å². The van der Waals surface area contributed by atoms with Gasteiger partial charge < -0.3 is 0 Å². The van der Waals surface area contributed by atoms with E-state index in [1.165, 1.54) is 0 Å². The van der Waals surface area contributed by atoms with E-state index in [9.17, 15) is 9.59 Å². The van der Waals surface area contributed by atoms with Crippen molar-refractivity contribution in [1.82, 2.24) is 9.97 Å². The molecular weight excluding hydrogens is 312 g/mol. The normalized spacial score (nSPS) is 14.5. The van der Waals surface area contributed by atoms with Gasteiger partial charge in [0.15, 0.2) is 11.6 Å². The van der Waals surface area contributed by atoms with Gasteiger partial charge in [0.25, 0.3) is 0 Å². The number of pyridine rings is 2. The molecule has 0 saturated carbocycles. The molecule has 3 rings (SSSR count). The van der Waals surface area contributed by atoms with Crippen LogP contribution in [0.25, 0.3) is 5.57 Å². The molecule has 0 radical (unpaired) electrons. The highest BCUT2D eigenvalue weighted by Crippen LogP contribution is 2.24. The fourth-order valence-corrected chi connectivity index (χ4v) is 2.88. The van der Waals surface area contributed by atoms with Crippen molar-refractivity contribution in [2.45, 2.75) is 32.1 Å². The second kappa shape index (κ2) is 8.29. The number of allylic oxidation sites excluding steroid dienone is 4. The topological polar surface area (TPSA) is 59.9 Å².